The summed E-state index contributed by atoms with van der Waals surface area (Å²) in [6, 6.07) is -0.161. The van der Waals surface area contributed by atoms with Crippen molar-refractivity contribution in [1.82, 2.24) is 15.1 Å². The first-order chi connectivity index (χ1) is 10.7. The van der Waals surface area contributed by atoms with Crippen LogP contribution in [0.5, 0.6) is 0 Å². The SMILES string of the molecule is CC(C(=O)Nc1nnc(C2CCCCC2)s1)N1CCOCC1. The van der Waals surface area contributed by atoms with Gasteiger partial charge in [-0.1, -0.05) is 30.6 Å². The zero-order chi connectivity index (χ0) is 15.4. The molecule has 1 aromatic rings. The van der Waals surface area contributed by atoms with Gasteiger partial charge in [0.1, 0.15) is 5.01 Å². The van der Waals surface area contributed by atoms with Crippen LogP contribution in [0.1, 0.15) is 50.0 Å². The Bertz CT molecular complexity index is 495. The molecule has 1 atom stereocenters. The largest absolute Gasteiger partial charge is 0.379 e. The molecule has 0 bridgehead atoms. The number of hydrogen-bond acceptors (Lipinski definition) is 6. The maximum absolute atomic E-state index is 12.3. The van der Waals surface area contributed by atoms with Gasteiger partial charge in [-0.2, -0.15) is 0 Å². The van der Waals surface area contributed by atoms with Crippen LogP contribution in [0.15, 0.2) is 0 Å². The summed E-state index contributed by atoms with van der Waals surface area (Å²) in [4.78, 5) is 14.5. The molecule has 7 heteroatoms. The van der Waals surface area contributed by atoms with Crippen molar-refractivity contribution in [3.05, 3.63) is 5.01 Å². The lowest BCUT2D eigenvalue weighted by Gasteiger charge is -2.31. The summed E-state index contributed by atoms with van der Waals surface area (Å²) in [7, 11) is 0. The van der Waals surface area contributed by atoms with Crippen LogP contribution in [-0.4, -0.2) is 53.3 Å². The van der Waals surface area contributed by atoms with Gasteiger partial charge >= 0.3 is 0 Å². The predicted molar refractivity (Wildman–Crippen MR) is 86.2 cm³/mol. The van der Waals surface area contributed by atoms with E-state index in [0.29, 0.717) is 24.3 Å². The lowest BCUT2D eigenvalue weighted by molar-refractivity contribution is -0.122. The van der Waals surface area contributed by atoms with Crippen molar-refractivity contribution in [2.75, 3.05) is 31.6 Å². The molecule has 2 fully saturated rings. The van der Waals surface area contributed by atoms with Gasteiger partial charge in [-0.05, 0) is 19.8 Å². The third-order valence-corrected chi connectivity index (χ3v) is 5.60. The van der Waals surface area contributed by atoms with Gasteiger partial charge in [-0.3, -0.25) is 15.0 Å². The molecule has 0 radical (unpaired) electrons. The summed E-state index contributed by atoms with van der Waals surface area (Å²) >= 11 is 1.53. The molecule has 3 rings (SSSR count). The molecule has 1 amide bonds. The van der Waals surface area contributed by atoms with Crippen molar-refractivity contribution >= 4 is 22.4 Å². The van der Waals surface area contributed by atoms with Crippen LogP contribution in [-0.2, 0) is 9.53 Å². The van der Waals surface area contributed by atoms with E-state index in [9.17, 15) is 4.79 Å². The Balaban J connectivity index is 1.55. The summed E-state index contributed by atoms with van der Waals surface area (Å²) < 4.78 is 5.32. The molecule has 0 spiro atoms. The number of amides is 1. The number of aromatic nitrogens is 2. The summed E-state index contributed by atoms with van der Waals surface area (Å²) in [6.45, 7) is 4.93. The zero-order valence-corrected chi connectivity index (χ0v) is 13.9. The maximum atomic E-state index is 12.3. The first-order valence-corrected chi connectivity index (χ1v) is 9.02. The van der Waals surface area contributed by atoms with Gasteiger partial charge in [0.15, 0.2) is 0 Å². The third kappa shape index (κ3) is 3.83. The van der Waals surface area contributed by atoms with E-state index in [2.05, 4.69) is 20.4 Å². The highest BCUT2D eigenvalue weighted by Gasteiger charge is 2.25. The number of carbonyl (C=O) groups excluding carboxylic acids is 1. The van der Waals surface area contributed by atoms with Gasteiger partial charge in [0.25, 0.3) is 0 Å². The van der Waals surface area contributed by atoms with Crippen LogP contribution in [0.25, 0.3) is 0 Å². The number of anilines is 1. The van der Waals surface area contributed by atoms with Crippen molar-refractivity contribution in [3.8, 4) is 0 Å². The molecule has 1 unspecified atom stereocenters. The molecule has 1 N–H and O–H groups in total. The standard InChI is InChI=1S/C15H24N4O2S/c1-11(19-7-9-21-10-8-19)13(20)16-15-18-17-14(22-15)12-5-3-2-4-6-12/h11-12H,2-10H2,1H3,(H,16,18,20). The second-order valence-electron chi connectivity index (χ2n) is 6.09. The van der Waals surface area contributed by atoms with Gasteiger partial charge in [-0.15, -0.1) is 10.2 Å². The highest BCUT2D eigenvalue weighted by atomic mass is 32.1. The Morgan fingerprint density at radius 1 is 1.27 bits per heavy atom. The number of morpholine rings is 1. The fourth-order valence-electron chi connectivity index (χ4n) is 3.14. The lowest BCUT2D eigenvalue weighted by atomic mass is 9.90. The van der Waals surface area contributed by atoms with Gasteiger partial charge in [0, 0.05) is 19.0 Å². The van der Waals surface area contributed by atoms with Crippen LogP contribution in [0.2, 0.25) is 0 Å². The molecule has 1 aliphatic carbocycles. The lowest BCUT2D eigenvalue weighted by Crippen LogP contribution is -2.47. The highest BCUT2D eigenvalue weighted by molar-refractivity contribution is 7.15. The van der Waals surface area contributed by atoms with Crippen molar-refractivity contribution in [1.29, 1.82) is 0 Å². The molecule has 1 aliphatic heterocycles. The van der Waals surface area contributed by atoms with Crippen molar-refractivity contribution < 1.29 is 9.53 Å². The molecule has 2 aliphatic rings. The molecule has 6 nitrogen and oxygen atoms in total. The Morgan fingerprint density at radius 3 is 2.73 bits per heavy atom. The molecule has 2 heterocycles. The van der Waals surface area contributed by atoms with E-state index in [4.69, 9.17) is 4.74 Å². The Kier molecular flexibility index (Phi) is 5.38. The first kappa shape index (κ1) is 15.8. The summed E-state index contributed by atoms with van der Waals surface area (Å²) in [6.07, 6.45) is 6.29. The van der Waals surface area contributed by atoms with E-state index in [0.717, 1.165) is 18.1 Å². The summed E-state index contributed by atoms with van der Waals surface area (Å²) in [5.74, 6) is 0.529. The van der Waals surface area contributed by atoms with Crippen molar-refractivity contribution in [2.24, 2.45) is 0 Å². The monoisotopic (exact) mass is 324 g/mol. The van der Waals surface area contributed by atoms with Crippen LogP contribution in [0.4, 0.5) is 5.13 Å². The summed E-state index contributed by atoms with van der Waals surface area (Å²) in [5, 5.41) is 13.1. The first-order valence-electron chi connectivity index (χ1n) is 8.20. The van der Waals surface area contributed by atoms with Gasteiger partial charge in [-0.25, -0.2) is 0 Å². The Hall–Kier alpha value is -1.05. The molecule has 122 valence electrons. The normalized spacial score (nSPS) is 22.4. The molecular formula is C15H24N4O2S. The third-order valence-electron chi connectivity index (χ3n) is 4.60. The average Bonchev–Trinajstić information content (AvgIpc) is 3.04. The highest BCUT2D eigenvalue weighted by Crippen LogP contribution is 2.35. The number of nitrogens with zero attached hydrogens (tertiary/aromatic N) is 3. The topological polar surface area (TPSA) is 67.4 Å². The number of hydrogen-bond donors (Lipinski definition) is 1. The van der Waals surface area contributed by atoms with Gasteiger partial charge in [0.2, 0.25) is 11.0 Å². The number of ether oxygens (including phenoxy) is 1. The van der Waals surface area contributed by atoms with Crippen LogP contribution in [0, 0.1) is 0 Å². The van der Waals surface area contributed by atoms with E-state index in [1.54, 1.807) is 0 Å². The van der Waals surface area contributed by atoms with Crippen LogP contribution < -0.4 is 5.32 Å². The van der Waals surface area contributed by atoms with E-state index < -0.39 is 0 Å². The predicted octanol–water partition coefficient (Wildman–Crippen LogP) is 2.25. The minimum absolute atomic E-state index is 0.00626. The molecule has 1 saturated carbocycles. The fraction of sp³-hybridized carbons (Fsp3) is 0.800. The van der Waals surface area contributed by atoms with E-state index in [1.807, 2.05) is 6.92 Å². The minimum Gasteiger partial charge on any atom is -0.379 e. The smallest absolute Gasteiger partial charge is 0.243 e. The van der Waals surface area contributed by atoms with E-state index >= 15 is 0 Å². The number of carbonyl (C=O) groups is 1. The van der Waals surface area contributed by atoms with E-state index in [-0.39, 0.29) is 11.9 Å². The van der Waals surface area contributed by atoms with E-state index in [1.165, 1.54) is 43.4 Å². The number of rotatable bonds is 4. The fourth-order valence-corrected chi connectivity index (χ4v) is 4.06. The zero-order valence-electron chi connectivity index (χ0n) is 13.1. The van der Waals surface area contributed by atoms with Crippen LogP contribution >= 0.6 is 11.3 Å². The Labute approximate surface area is 135 Å². The van der Waals surface area contributed by atoms with Crippen LogP contribution in [0.3, 0.4) is 0 Å². The minimum atomic E-state index is -0.161. The maximum Gasteiger partial charge on any atom is 0.243 e. The molecule has 1 saturated heterocycles. The van der Waals surface area contributed by atoms with Gasteiger partial charge in [0.05, 0.1) is 19.3 Å². The molecule has 0 aromatic carbocycles. The second-order valence-corrected chi connectivity index (χ2v) is 7.10. The quantitative estimate of drug-likeness (QED) is 0.920. The van der Waals surface area contributed by atoms with Crippen molar-refractivity contribution in [3.63, 3.8) is 0 Å². The van der Waals surface area contributed by atoms with Crippen molar-refractivity contribution in [2.45, 2.75) is 51.0 Å². The molecule has 22 heavy (non-hydrogen) atoms. The molecule has 1 aromatic heterocycles. The molecular weight excluding hydrogens is 300 g/mol. The Morgan fingerprint density at radius 2 is 2.00 bits per heavy atom. The van der Waals surface area contributed by atoms with Gasteiger partial charge < -0.3 is 4.74 Å². The average molecular weight is 324 g/mol. The summed E-state index contributed by atoms with van der Waals surface area (Å²) in [5.41, 5.74) is 0. The number of nitrogens with one attached hydrogen (secondary N) is 1. The second kappa shape index (κ2) is 7.48.